The summed E-state index contributed by atoms with van der Waals surface area (Å²) in [5.41, 5.74) is 1.84. The van der Waals surface area contributed by atoms with E-state index in [1.54, 1.807) is 12.4 Å². The van der Waals surface area contributed by atoms with E-state index < -0.39 is 0 Å². The van der Waals surface area contributed by atoms with Crippen LogP contribution in [0.4, 0.5) is 4.79 Å². The van der Waals surface area contributed by atoms with Gasteiger partial charge >= 0.3 is 6.03 Å². The lowest BCUT2D eigenvalue weighted by molar-refractivity contribution is 0.0266. The Morgan fingerprint density at radius 1 is 1.29 bits per heavy atom. The summed E-state index contributed by atoms with van der Waals surface area (Å²) in [4.78, 5) is 15.1. The molecule has 2 aromatic rings. The number of hydrogen-bond donors (Lipinski definition) is 1. The number of amides is 1. The number of piperidine rings is 3. The van der Waals surface area contributed by atoms with E-state index in [0.29, 0.717) is 17.0 Å². The molecule has 2 atom stereocenters. The largest absolute Gasteiger partial charge is 0.342 e. The Hall–Kier alpha value is -1.85. The Morgan fingerprint density at radius 3 is 2.79 bits per heavy atom. The minimum atomic E-state index is -0.158. The van der Waals surface area contributed by atoms with Crippen molar-refractivity contribution >= 4 is 17.6 Å². The summed E-state index contributed by atoms with van der Waals surface area (Å²) in [6, 6.07) is 8.00. The molecule has 1 aromatic carbocycles. The van der Waals surface area contributed by atoms with Crippen molar-refractivity contribution in [1.29, 1.82) is 0 Å². The van der Waals surface area contributed by atoms with Crippen molar-refractivity contribution in [3.05, 3.63) is 41.7 Å². The first-order chi connectivity index (χ1) is 11.6. The van der Waals surface area contributed by atoms with Crippen LogP contribution in [0.25, 0.3) is 11.1 Å². The third kappa shape index (κ3) is 2.82. The van der Waals surface area contributed by atoms with E-state index in [-0.39, 0.29) is 12.1 Å². The molecule has 2 bridgehead atoms. The highest BCUT2D eigenvalue weighted by atomic mass is 35.5. The van der Waals surface area contributed by atoms with Crippen molar-refractivity contribution < 1.29 is 4.79 Å². The smallest absolute Gasteiger partial charge is 0.332 e. The van der Waals surface area contributed by atoms with Crippen molar-refractivity contribution in [1.82, 2.24) is 20.0 Å². The number of carbonyl (C=O) groups is 1. The van der Waals surface area contributed by atoms with Crippen LogP contribution in [0, 0.1) is 5.92 Å². The number of nitrogens with zero attached hydrogens (tertiary/aromatic N) is 3. The second kappa shape index (κ2) is 6.22. The van der Waals surface area contributed by atoms with Crippen LogP contribution in [0.1, 0.15) is 19.8 Å². The van der Waals surface area contributed by atoms with Crippen molar-refractivity contribution in [2.24, 2.45) is 5.92 Å². The lowest BCUT2D eigenvalue weighted by Gasteiger charge is -2.49. The Bertz CT molecular complexity index is 749. The lowest BCUT2D eigenvalue weighted by Crippen LogP contribution is -2.62. The van der Waals surface area contributed by atoms with Crippen LogP contribution in [-0.2, 0) is 0 Å². The first-order valence-electron chi connectivity index (χ1n) is 8.47. The molecule has 1 N–H and O–H groups in total. The fourth-order valence-electron chi connectivity index (χ4n) is 4.00. The van der Waals surface area contributed by atoms with Crippen molar-refractivity contribution in [3.8, 4) is 11.1 Å². The van der Waals surface area contributed by atoms with E-state index in [0.717, 1.165) is 24.2 Å². The summed E-state index contributed by atoms with van der Waals surface area (Å²) in [5.74, 6) is 0.580. The van der Waals surface area contributed by atoms with Gasteiger partial charge in [0.15, 0.2) is 0 Å². The molecule has 3 aliphatic heterocycles. The number of rotatable bonds is 2. The van der Waals surface area contributed by atoms with E-state index in [1.807, 2.05) is 24.3 Å². The van der Waals surface area contributed by atoms with Gasteiger partial charge in [0.1, 0.15) is 0 Å². The van der Waals surface area contributed by atoms with Crippen LogP contribution in [-0.4, -0.2) is 45.9 Å². The van der Waals surface area contributed by atoms with E-state index in [2.05, 4.69) is 22.2 Å². The van der Waals surface area contributed by atoms with Crippen molar-refractivity contribution in [2.75, 3.05) is 13.1 Å². The van der Waals surface area contributed by atoms with Gasteiger partial charge in [-0.15, -0.1) is 0 Å². The van der Waals surface area contributed by atoms with Gasteiger partial charge in [0, 0.05) is 28.9 Å². The summed E-state index contributed by atoms with van der Waals surface area (Å²) in [6.45, 7) is 4.51. The number of fused-ring (bicyclic) bond motifs is 3. The van der Waals surface area contributed by atoms with Gasteiger partial charge in [0.05, 0.1) is 6.20 Å². The molecule has 1 aromatic heterocycles. The molecule has 5 nitrogen and oxygen atoms in total. The Morgan fingerprint density at radius 2 is 2.08 bits per heavy atom. The van der Waals surface area contributed by atoms with Gasteiger partial charge in [0.2, 0.25) is 0 Å². The van der Waals surface area contributed by atoms with Gasteiger partial charge in [-0.2, -0.15) is 9.78 Å². The summed E-state index contributed by atoms with van der Waals surface area (Å²) < 4.78 is 1.39. The Balaban J connectivity index is 1.49. The fraction of sp³-hybridized carbons (Fsp3) is 0.444. The Labute approximate surface area is 146 Å². The van der Waals surface area contributed by atoms with E-state index in [9.17, 15) is 4.79 Å². The normalized spacial score (nSPS) is 28.8. The maximum atomic E-state index is 12.6. The molecule has 24 heavy (non-hydrogen) atoms. The molecule has 0 saturated carbocycles. The topological polar surface area (TPSA) is 50.2 Å². The highest BCUT2D eigenvalue weighted by Crippen LogP contribution is 2.32. The molecular weight excluding hydrogens is 324 g/mol. The molecule has 3 saturated heterocycles. The molecule has 0 aliphatic carbocycles. The van der Waals surface area contributed by atoms with Gasteiger partial charge in [-0.25, -0.2) is 4.79 Å². The van der Waals surface area contributed by atoms with Gasteiger partial charge in [0.25, 0.3) is 0 Å². The highest BCUT2D eigenvalue weighted by Gasteiger charge is 2.40. The van der Waals surface area contributed by atoms with E-state index >= 15 is 0 Å². The number of benzene rings is 1. The summed E-state index contributed by atoms with van der Waals surface area (Å²) in [6.07, 6.45) is 5.79. The third-order valence-electron chi connectivity index (χ3n) is 5.42. The first kappa shape index (κ1) is 15.7. The monoisotopic (exact) mass is 344 g/mol. The predicted octanol–water partition coefficient (Wildman–Crippen LogP) is 3.24. The number of nitrogens with one attached hydrogen (secondary N) is 1. The standard InChI is InChI=1S/C18H21ClN4O/c1-12-17(13-5-7-22(12)8-6-13)21-18(24)23-11-15(10-20-23)14-3-2-4-16(19)9-14/h2-4,9-13,17H,5-8H2,1H3,(H,21,24)/t12-,17+/m1/s1. The van der Waals surface area contributed by atoms with Gasteiger partial charge in [-0.1, -0.05) is 23.7 Å². The predicted molar refractivity (Wildman–Crippen MR) is 94.1 cm³/mol. The molecule has 1 amide bonds. The van der Waals surface area contributed by atoms with Crippen molar-refractivity contribution in [2.45, 2.75) is 31.8 Å². The molecule has 3 aliphatic rings. The fourth-order valence-corrected chi connectivity index (χ4v) is 4.20. The molecule has 6 heteroatoms. The molecule has 0 unspecified atom stereocenters. The lowest BCUT2D eigenvalue weighted by atomic mass is 9.79. The number of aromatic nitrogens is 2. The van der Waals surface area contributed by atoms with Crippen LogP contribution < -0.4 is 5.32 Å². The molecule has 5 rings (SSSR count). The number of halogens is 1. The molecular formula is C18H21ClN4O. The SMILES string of the molecule is C[C@@H]1[C@H](NC(=O)n2cc(-c3cccc(Cl)c3)cn2)C2CCN1CC2. The number of hydrogen-bond acceptors (Lipinski definition) is 3. The minimum Gasteiger partial charge on any atom is -0.332 e. The first-order valence-corrected chi connectivity index (χ1v) is 8.85. The van der Waals surface area contributed by atoms with Crippen LogP contribution in [0.15, 0.2) is 36.7 Å². The summed E-state index contributed by atoms with van der Waals surface area (Å²) in [5, 5.41) is 8.08. The van der Waals surface area contributed by atoms with Gasteiger partial charge in [-0.05, 0) is 56.5 Å². The van der Waals surface area contributed by atoms with Gasteiger partial charge < -0.3 is 5.32 Å². The van der Waals surface area contributed by atoms with Crippen LogP contribution in [0.5, 0.6) is 0 Å². The minimum absolute atomic E-state index is 0.158. The van der Waals surface area contributed by atoms with Crippen LogP contribution >= 0.6 is 11.6 Å². The molecule has 0 spiro atoms. The summed E-state index contributed by atoms with van der Waals surface area (Å²) >= 11 is 6.03. The second-order valence-electron chi connectivity index (χ2n) is 6.77. The Kier molecular flexibility index (Phi) is 4.06. The number of carbonyl (C=O) groups excluding carboxylic acids is 1. The molecule has 126 valence electrons. The van der Waals surface area contributed by atoms with Gasteiger partial charge in [-0.3, -0.25) is 4.90 Å². The maximum absolute atomic E-state index is 12.6. The average molecular weight is 345 g/mol. The second-order valence-corrected chi connectivity index (χ2v) is 7.21. The van der Waals surface area contributed by atoms with Crippen LogP contribution in [0.2, 0.25) is 5.02 Å². The van der Waals surface area contributed by atoms with E-state index in [1.165, 1.54) is 17.5 Å². The van der Waals surface area contributed by atoms with Crippen LogP contribution in [0.3, 0.4) is 0 Å². The summed E-state index contributed by atoms with van der Waals surface area (Å²) in [7, 11) is 0. The zero-order valence-corrected chi connectivity index (χ0v) is 14.4. The average Bonchev–Trinajstić information content (AvgIpc) is 3.09. The van der Waals surface area contributed by atoms with Crippen molar-refractivity contribution in [3.63, 3.8) is 0 Å². The third-order valence-corrected chi connectivity index (χ3v) is 5.65. The quantitative estimate of drug-likeness (QED) is 0.909. The maximum Gasteiger partial charge on any atom is 0.342 e. The molecule has 0 radical (unpaired) electrons. The molecule has 4 heterocycles. The zero-order valence-electron chi connectivity index (χ0n) is 13.7. The molecule has 3 fully saturated rings. The highest BCUT2D eigenvalue weighted by molar-refractivity contribution is 6.30. The zero-order chi connectivity index (χ0) is 16.7. The van der Waals surface area contributed by atoms with E-state index in [4.69, 9.17) is 11.6 Å².